The molecule has 0 N–H and O–H groups in total. The van der Waals surface area contributed by atoms with Crippen LogP contribution in [-0.4, -0.2) is 38.2 Å². The molecular formula is C21H20ClNO6. The Hall–Kier alpha value is -2.93. The first-order valence-corrected chi connectivity index (χ1v) is 9.75. The fourth-order valence-electron chi connectivity index (χ4n) is 3.21. The van der Waals surface area contributed by atoms with Crippen LogP contribution in [0, 0.1) is 0 Å². The first kappa shape index (κ1) is 19.4. The van der Waals surface area contributed by atoms with Crippen LogP contribution in [0.25, 0.3) is 0 Å². The molecule has 2 heterocycles. The van der Waals surface area contributed by atoms with E-state index in [0.29, 0.717) is 46.7 Å². The zero-order valence-corrected chi connectivity index (χ0v) is 16.4. The van der Waals surface area contributed by atoms with Gasteiger partial charge in [0.1, 0.15) is 12.4 Å². The molecule has 8 heteroatoms. The van der Waals surface area contributed by atoms with Gasteiger partial charge in [-0.2, -0.15) is 0 Å². The van der Waals surface area contributed by atoms with E-state index in [-0.39, 0.29) is 32.1 Å². The van der Waals surface area contributed by atoms with Gasteiger partial charge < -0.3 is 23.8 Å². The summed E-state index contributed by atoms with van der Waals surface area (Å²) in [6, 6.07) is 10.7. The number of hydrogen-bond donors (Lipinski definition) is 0. The summed E-state index contributed by atoms with van der Waals surface area (Å²) in [5.41, 5.74) is 1.37. The summed E-state index contributed by atoms with van der Waals surface area (Å²) < 4.78 is 22.0. The average Bonchev–Trinajstić information content (AvgIpc) is 2.97. The van der Waals surface area contributed by atoms with Gasteiger partial charge in [-0.1, -0.05) is 23.7 Å². The van der Waals surface area contributed by atoms with Crippen molar-refractivity contribution in [1.29, 1.82) is 0 Å². The molecule has 2 aliphatic heterocycles. The third kappa shape index (κ3) is 4.40. The molecule has 0 unspecified atom stereocenters. The van der Waals surface area contributed by atoms with E-state index < -0.39 is 5.97 Å². The first-order chi connectivity index (χ1) is 14.1. The molecule has 2 aromatic rings. The second-order valence-electron chi connectivity index (χ2n) is 6.67. The van der Waals surface area contributed by atoms with Gasteiger partial charge in [-0.05, 0) is 29.8 Å². The summed E-state index contributed by atoms with van der Waals surface area (Å²) in [6.45, 7) is 1.33. The Morgan fingerprint density at radius 1 is 1.10 bits per heavy atom. The fourth-order valence-corrected chi connectivity index (χ4v) is 3.49. The molecule has 7 nitrogen and oxygen atoms in total. The second-order valence-corrected chi connectivity index (χ2v) is 7.08. The monoisotopic (exact) mass is 417 g/mol. The Kier molecular flexibility index (Phi) is 5.76. The van der Waals surface area contributed by atoms with Crippen molar-refractivity contribution in [2.24, 2.45) is 0 Å². The number of nitrogens with zero attached hydrogens (tertiary/aromatic N) is 1. The minimum absolute atomic E-state index is 0.0399. The van der Waals surface area contributed by atoms with Crippen LogP contribution in [0.1, 0.15) is 18.4 Å². The molecule has 0 spiro atoms. The quantitative estimate of drug-likeness (QED) is 0.694. The van der Waals surface area contributed by atoms with Crippen molar-refractivity contribution < 1.29 is 28.5 Å². The van der Waals surface area contributed by atoms with Crippen LogP contribution in [0.3, 0.4) is 0 Å². The number of hydrogen-bond acceptors (Lipinski definition) is 6. The van der Waals surface area contributed by atoms with Crippen LogP contribution in [0.5, 0.6) is 17.2 Å². The number of rotatable bonds is 5. The lowest BCUT2D eigenvalue weighted by molar-refractivity contribution is -0.144. The van der Waals surface area contributed by atoms with Gasteiger partial charge in [0.15, 0.2) is 18.1 Å². The summed E-state index contributed by atoms with van der Waals surface area (Å²) in [5.74, 6) is 1.10. The second kappa shape index (κ2) is 8.61. The zero-order chi connectivity index (χ0) is 20.2. The lowest BCUT2D eigenvalue weighted by Crippen LogP contribution is -2.40. The zero-order valence-electron chi connectivity index (χ0n) is 15.7. The summed E-state index contributed by atoms with van der Waals surface area (Å²) >= 11 is 6.26. The lowest BCUT2D eigenvalue weighted by atomic mass is 10.2. The molecule has 0 saturated carbocycles. The Bertz CT molecular complexity index is 931. The number of para-hydroxylation sites is 2. The number of carbonyl (C=O) groups excluding carboxylic acids is 2. The normalized spacial score (nSPS) is 15.2. The van der Waals surface area contributed by atoms with E-state index in [9.17, 15) is 9.59 Å². The molecule has 2 aromatic carbocycles. The number of halogens is 1. The van der Waals surface area contributed by atoms with Gasteiger partial charge in [0.25, 0.3) is 5.91 Å². The van der Waals surface area contributed by atoms with E-state index in [0.717, 1.165) is 6.42 Å². The molecule has 4 rings (SSSR count). The molecule has 0 aliphatic carbocycles. The average molecular weight is 418 g/mol. The summed E-state index contributed by atoms with van der Waals surface area (Å²) in [7, 11) is 0. The topological polar surface area (TPSA) is 74.3 Å². The van der Waals surface area contributed by atoms with Crippen LogP contribution >= 0.6 is 11.6 Å². The van der Waals surface area contributed by atoms with Crippen molar-refractivity contribution in [3.8, 4) is 17.2 Å². The van der Waals surface area contributed by atoms with E-state index in [1.165, 1.54) is 0 Å². The number of fused-ring (bicyclic) bond motifs is 2. The van der Waals surface area contributed by atoms with Crippen LogP contribution < -0.4 is 19.1 Å². The van der Waals surface area contributed by atoms with Crippen molar-refractivity contribution in [3.63, 3.8) is 0 Å². The highest BCUT2D eigenvalue weighted by molar-refractivity contribution is 6.32. The number of esters is 1. The first-order valence-electron chi connectivity index (χ1n) is 9.37. The maximum absolute atomic E-state index is 12.2. The van der Waals surface area contributed by atoms with E-state index >= 15 is 0 Å². The smallest absolute Gasteiger partial charge is 0.307 e. The van der Waals surface area contributed by atoms with Crippen molar-refractivity contribution in [1.82, 2.24) is 0 Å². The van der Waals surface area contributed by atoms with Crippen molar-refractivity contribution in [3.05, 3.63) is 47.0 Å². The highest BCUT2D eigenvalue weighted by Crippen LogP contribution is 2.38. The summed E-state index contributed by atoms with van der Waals surface area (Å²) in [5, 5.41) is 0.422. The fraction of sp³-hybridized carbons (Fsp3) is 0.333. The number of anilines is 1. The predicted molar refractivity (Wildman–Crippen MR) is 106 cm³/mol. The summed E-state index contributed by atoms with van der Waals surface area (Å²) in [6.07, 6.45) is 0.844. The number of carbonyl (C=O) groups is 2. The van der Waals surface area contributed by atoms with Gasteiger partial charge >= 0.3 is 5.97 Å². The number of amides is 1. The summed E-state index contributed by atoms with van der Waals surface area (Å²) in [4.78, 5) is 25.9. The molecule has 29 heavy (non-hydrogen) atoms. The Labute approximate surface area is 173 Å². The largest absolute Gasteiger partial charge is 0.489 e. The van der Waals surface area contributed by atoms with Gasteiger partial charge in [-0.25, -0.2) is 0 Å². The molecule has 0 atom stereocenters. The van der Waals surface area contributed by atoms with Gasteiger partial charge in [-0.15, -0.1) is 0 Å². The highest BCUT2D eigenvalue weighted by atomic mass is 35.5. The van der Waals surface area contributed by atoms with E-state index in [1.54, 1.807) is 29.2 Å². The van der Waals surface area contributed by atoms with Crippen molar-refractivity contribution >= 4 is 29.2 Å². The highest BCUT2D eigenvalue weighted by Gasteiger charge is 2.25. The van der Waals surface area contributed by atoms with Crippen LogP contribution in [0.2, 0.25) is 5.02 Å². The predicted octanol–water partition coefficient (Wildman–Crippen LogP) is 3.36. The number of benzene rings is 2. The SMILES string of the molecule is O=C(CCN1C(=O)COc2ccccc21)OCc1cc(Cl)c2c(c1)OCCCO2. The molecule has 0 aromatic heterocycles. The Morgan fingerprint density at radius 2 is 1.93 bits per heavy atom. The lowest BCUT2D eigenvalue weighted by Gasteiger charge is -2.28. The molecule has 0 fully saturated rings. The molecular weight excluding hydrogens is 398 g/mol. The van der Waals surface area contributed by atoms with E-state index in [1.807, 2.05) is 12.1 Å². The molecule has 0 radical (unpaired) electrons. The minimum atomic E-state index is -0.412. The molecule has 0 bridgehead atoms. The maximum atomic E-state index is 12.2. The van der Waals surface area contributed by atoms with Crippen LogP contribution in [0.15, 0.2) is 36.4 Å². The third-order valence-electron chi connectivity index (χ3n) is 4.61. The van der Waals surface area contributed by atoms with E-state index in [4.69, 9.17) is 30.5 Å². The van der Waals surface area contributed by atoms with Crippen LogP contribution in [-0.2, 0) is 20.9 Å². The van der Waals surface area contributed by atoms with Crippen molar-refractivity contribution in [2.75, 3.05) is 31.3 Å². The van der Waals surface area contributed by atoms with Gasteiger partial charge in [0.2, 0.25) is 0 Å². The third-order valence-corrected chi connectivity index (χ3v) is 4.89. The molecule has 2 aliphatic rings. The van der Waals surface area contributed by atoms with Gasteiger partial charge in [-0.3, -0.25) is 9.59 Å². The maximum Gasteiger partial charge on any atom is 0.307 e. The van der Waals surface area contributed by atoms with Crippen molar-refractivity contribution in [2.45, 2.75) is 19.4 Å². The van der Waals surface area contributed by atoms with E-state index in [2.05, 4.69) is 0 Å². The molecule has 0 saturated heterocycles. The van der Waals surface area contributed by atoms with Gasteiger partial charge in [0.05, 0.1) is 30.3 Å². The standard InChI is InChI=1S/C21H20ClNO6/c22-15-10-14(11-18-21(15)27-9-3-8-26-18)12-29-20(25)6-7-23-16-4-1-2-5-17(16)28-13-19(23)24/h1-2,4-5,10-11H,3,6-9,12-13H2. The Morgan fingerprint density at radius 3 is 2.83 bits per heavy atom. The number of ether oxygens (including phenoxy) is 4. The minimum Gasteiger partial charge on any atom is -0.489 e. The Balaban J connectivity index is 1.35. The van der Waals surface area contributed by atoms with Crippen LogP contribution in [0.4, 0.5) is 5.69 Å². The van der Waals surface area contributed by atoms with Gasteiger partial charge in [0, 0.05) is 13.0 Å². The molecule has 1 amide bonds. The molecule has 152 valence electrons.